The number of pyridine rings is 1. The van der Waals surface area contributed by atoms with Gasteiger partial charge >= 0.3 is 6.09 Å². The van der Waals surface area contributed by atoms with Gasteiger partial charge in [0.15, 0.2) is 0 Å². The van der Waals surface area contributed by atoms with Crippen LogP contribution in [-0.2, 0) is 14.3 Å². The maximum absolute atomic E-state index is 13.3. The van der Waals surface area contributed by atoms with Gasteiger partial charge < -0.3 is 24.4 Å². The van der Waals surface area contributed by atoms with Gasteiger partial charge in [0.1, 0.15) is 11.5 Å². The van der Waals surface area contributed by atoms with Crippen molar-refractivity contribution < 1.29 is 29.0 Å². The molecule has 190 valence electrons. The summed E-state index contributed by atoms with van der Waals surface area (Å²) in [7, 11) is 0. The highest BCUT2D eigenvalue weighted by Gasteiger charge is 2.49. The molecule has 2 aromatic rings. The predicted octanol–water partition coefficient (Wildman–Crippen LogP) is 4.18. The van der Waals surface area contributed by atoms with E-state index in [-0.39, 0.29) is 24.0 Å². The van der Waals surface area contributed by atoms with Crippen molar-refractivity contribution in [2.45, 2.75) is 38.8 Å². The Labute approximate surface area is 214 Å². The molecule has 0 spiro atoms. The average Bonchev–Trinajstić information content (AvgIpc) is 3.16. The van der Waals surface area contributed by atoms with Crippen LogP contribution in [-0.4, -0.2) is 70.0 Å². The van der Waals surface area contributed by atoms with Crippen molar-refractivity contribution in [1.29, 1.82) is 0 Å². The number of piperidine rings is 1. The molecule has 4 rings (SSSR count). The second kappa shape index (κ2) is 11.0. The van der Waals surface area contributed by atoms with Crippen molar-refractivity contribution in [3.8, 4) is 5.75 Å². The summed E-state index contributed by atoms with van der Waals surface area (Å²) in [4.78, 5) is 46.1. The van der Waals surface area contributed by atoms with Crippen LogP contribution >= 0.6 is 11.6 Å². The number of hydrogen-bond acceptors (Lipinski definition) is 7. The van der Waals surface area contributed by atoms with Crippen LogP contribution in [0.2, 0.25) is 5.02 Å². The van der Waals surface area contributed by atoms with Crippen LogP contribution in [0, 0.1) is 0 Å². The van der Waals surface area contributed by atoms with Crippen LogP contribution in [0.15, 0.2) is 48.3 Å². The molecule has 1 N–H and O–H groups in total. The van der Waals surface area contributed by atoms with E-state index >= 15 is 0 Å². The monoisotopic (exact) mass is 513 g/mol. The van der Waals surface area contributed by atoms with Crippen LogP contribution in [0.5, 0.6) is 5.75 Å². The number of carbonyl (C=O) groups is 3. The van der Waals surface area contributed by atoms with Gasteiger partial charge in [0.05, 0.1) is 29.9 Å². The first-order chi connectivity index (χ1) is 17.4. The molecule has 36 heavy (non-hydrogen) atoms. The smallest absolute Gasteiger partial charge is 0.409 e. The number of rotatable bonds is 6. The lowest BCUT2D eigenvalue weighted by Gasteiger charge is -2.38. The Bertz CT molecular complexity index is 1180. The summed E-state index contributed by atoms with van der Waals surface area (Å²) < 4.78 is 10.6. The standard InChI is InChI=1S/C26H28ClN3O6/c1-3-35-20-14-16(7-8-19(20)27)23(31)21-22(17-6-5-11-28-15-17)30(25(33)24(21)32)18-9-12-29(13-10-18)26(34)36-4-2/h5-8,11,14-15,18,22,31H,3-4,9-10,12-13H2,1-2H3/b23-21+. The Morgan fingerprint density at radius 3 is 2.56 bits per heavy atom. The Kier molecular flexibility index (Phi) is 7.79. The molecule has 2 amide bonds. The fourth-order valence-electron chi connectivity index (χ4n) is 4.71. The third-order valence-electron chi connectivity index (χ3n) is 6.37. The highest BCUT2D eigenvalue weighted by atomic mass is 35.5. The summed E-state index contributed by atoms with van der Waals surface area (Å²) in [6.07, 6.45) is 3.73. The number of halogens is 1. The van der Waals surface area contributed by atoms with Gasteiger partial charge in [-0.2, -0.15) is 0 Å². The van der Waals surface area contributed by atoms with E-state index in [2.05, 4.69) is 4.98 Å². The first-order valence-corrected chi connectivity index (χ1v) is 12.3. The van der Waals surface area contributed by atoms with E-state index in [9.17, 15) is 19.5 Å². The summed E-state index contributed by atoms with van der Waals surface area (Å²) in [5.74, 6) is -1.42. The number of likely N-dealkylation sites (tertiary alicyclic amines) is 2. The number of benzene rings is 1. The Balaban J connectivity index is 1.73. The normalized spacial score (nSPS) is 20.0. The van der Waals surface area contributed by atoms with Crippen LogP contribution in [0.3, 0.4) is 0 Å². The maximum atomic E-state index is 13.3. The number of ether oxygens (including phenoxy) is 2. The van der Waals surface area contributed by atoms with Crippen molar-refractivity contribution in [2.24, 2.45) is 0 Å². The molecule has 0 bridgehead atoms. The number of aliphatic hydroxyl groups is 1. The molecular formula is C26H28ClN3O6. The molecule has 2 aliphatic rings. The Morgan fingerprint density at radius 2 is 1.92 bits per heavy atom. The van der Waals surface area contributed by atoms with E-state index in [1.807, 2.05) is 6.92 Å². The summed E-state index contributed by atoms with van der Waals surface area (Å²) in [5.41, 5.74) is 0.891. The van der Waals surface area contributed by atoms with Crippen molar-refractivity contribution in [1.82, 2.24) is 14.8 Å². The average molecular weight is 514 g/mol. The largest absolute Gasteiger partial charge is 0.507 e. The lowest BCUT2D eigenvalue weighted by molar-refractivity contribution is -0.142. The molecule has 0 aliphatic carbocycles. The molecule has 1 unspecified atom stereocenters. The van der Waals surface area contributed by atoms with Crippen LogP contribution in [0.4, 0.5) is 4.79 Å². The summed E-state index contributed by atoms with van der Waals surface area (Å²) in [5, 5.41) is 11.7. The molecule has 10 heteroatoms. The summed E-state index contributed by atoms with van der Waals surface area (Å²) in [6, 6.07) is 7.04. The fourth-order valence-corrected chi connectivity index (χ4v) is 4.88. The van der Waals surface area contributed by atoms with Crippen LogP contribution in [0.25, 0.3) is 5.76 Å². The van der Waals surface area contributed by atoms with Crippen molar-refractivity contribution in [3.05, 3.63) is 64.4 Å². The molecule has 1 atom stereocenters. The molecule has 0 radical (unpaired) electrons. The number of ketones is 1. The molecule has 0 saturated carbocycles. The first kappa shape index (κ1) is 25.5. The molecule has 2 aliphatic heterocycles. The van der Waals surface area contributed by atoms with Crippen molar-refractivity contribution >= 4 is 35.1 Å². The van der Waals surface area contributed by atoms with Gasteiger partial charge in [0, 0.05) is 37.1 Å². The second-order valence-electron chi connectivity index (χ2n) is 8.49. The lowest BCUT2D eigenvalue weighted by atomic mass is 9.94. The van der Waals surface area contributed by atoms with E-state index in [1.54, 1.807) is 54.5 Å². The van der Waals surface area contributed by atoms with E-state index in [1.165, 1.54) is 4.90 Å². The topological polar surface area (TPSA) is 109 Å². The van der Waals surface area contributed by atoms with Crippen LogP contribution in [0.1, 0.15) is 43.9 Å². The second-order valence-corrected chi connectivity index (χ2v) is 8.90. The minimum atomic E-state index is -0.830. The zero-order valence-electron chi connectivity index (χ0n) is 20.1. The number of carbonyl (C=O) groups excluding carboxylic acids is 3. The number of amides is 2. The van der Waals surface area contributed by atoms with E-state index < -0.39 is 23.8 Å². The third kappa shape index (κ3) is 4.88. The lowest BCUT2D eigenvalue weighted by Crippen LogP contribution is -2.48. The molecule has 1 aromatic heterocycles. The number of aliphatic hydroxyl groups excluding tert-OH is 1. The van der Waals surface area contributed by atoms with Gasteiger partial charge in [-0.3, -0.25) is 14.6 Å². The SMILES string of the molecule is CCOC(=O)N1CCC(N2C(=O)C(=O)/C(=C(/O)c3ccc(Cl)c(OCC)c3)C2c2cccnc2)CC1. The van der Waals surface area contributed by atoms with Gasteiger partial charge in [0.2, 0.25) is 0 Å². The quantitative estimate of drug-likeness (QED) is 0.350. The Morgan fingerprint density at radius 1 is 1.17 bits per heavy atom. The predicted molar refractivity (Wildman–Crippen MR) is 133 cm³/mol. The zero-order valence-corrected chi connectivity index (χ0v) is 20.9. The zero-order chi connectivity index (χ0) is 25.8. The third-order valence-corrected chi connectivity index (χ3v) is 6.68. The van der Waals surface area contributed by atoms with Gasteiger partial charge in [-0.05, 0) is 56.5 Å². The molecule has 9 nitrogen and oxygen atoms in total. The Hall–Kier alpha value is -3.59. The maximum Gasteiger partial charge on any atom is 0.409 e. The highest BCUT2D eigenvalue weighted by molar-refractivity contribution is 6.46. The van der Waals surface area contributed by atoms with Gasteiger partial charge in [-0.25, -0.2) is 4.79 Å². The van der Waals surface area contributed by atoms with Gasteiger partial charge in [-0.15, -0.1) is 0 Å². The van der Waals surface area contributed by atoms with Crippen LogP contribution < -0.4 is 4.74 Å². The highest BCUT2D eigenvalue weighted by Crippen LogP contribution is 2.42. The van der Waals surface area contributed by atoms with Gasteiger partial charge in [-0.1, -0.05) is 17.7 Å². The minimum Gasteiger partial charge on any atom is -0.507 e. The number of Topliss-reactive ketones (excluding diaryl/α,β-unsaturated/α-hetero) is 1. The molecule has 2 saturated heterocycles. The van der Waals surface area contributed by atoms with Gasteiger partial charge in [0.25, 0.3) is 11.7 Å². The summed E-state index contributed by atoms with van der Waals surface area (Å²) in [6.45, 7) is 4.99. The van der Waals surface area contributed by atoms with Crippen molar-refractivity contribution in [3.63, 3.8) is 0 Å². The minimum absolute atomic E-state index is 0.0226. The van der Waals surface area contributed by atoms with Crippen molar-refractivity contribution in [2.75, 3.05) is 26.3 Å². The van der Waals surface area contributed by atoms with E-state index in [0.717, 1.165) is 0 Å². The first-order valence-electron chi connectivity index (χ1n) is 11.9. The van der Waals surface area contributed by atoms with E-state index in [0.29, 0.717) is 54.4 Å². The summed E-state index contributed by atoms with van der Waals surface area (Å²) >= 11 is 6.20. The fraction of sp³-hybridized carbons (Fsp3) is 0.385. The molecule has 2 fully saturated rings. The molecule has 1 aromatic carbocycles. The van der Waals surface area contributed by atoms with E-state index in [4.69, 9.17) is 21.1 Å². The number of aromatic nitrogens is 1. The number of nitrogens with zero attached hydrogens (tertiary/aromatic N) is 3. The number of hydrogen-bond donors (Lipinski definition) is 1. The molecule has 3 heterocycles. The molecular weight excluding hydrogens is 486 g/mol.